The van der Waals surface area contributed by atoms with Crippen LogP contribution in [0.15, 0.2) is 48.5 Å². The number of nitriles is 1. The molecule has 1 saturated carbocycles. The fourth-order valence-electron chi connectivity index (χ4n) is 5.38. The summed E-state index contributed by atoms with van der Waals surface area (Å²) in [6.07, 6.45) is 3.86. The molecule has 2 aliphatic rings. The van der Waals surface area contributed by atoms with Gasteiger partial charge >= 0.3 is 12.1 Å². The summed E-state index contributed by atoms with van der Waals surface area (Å²) in [5.74, 6) is 0.273. The highest BCUT2D eigenvalue weighted by Gasteiger charge is 2.38. The predicted molar refractivity (Wildman–Crippen MR) is 145 cm³/mol. The molecule has 196 valence electrons. The molecule has 1 aliphatic carbocycles. The molecule has 0 aromatic heterocycles. The second-order valence-corrected chi connectivity index (χ2v) is 11.4. The van der Waals surface area contributed by atoms with E-state index in [1.165, 1.54) is 0 Å². The van der Waals surface area contributed by atoms with Crippen LogP contribution < -0.4 is 10.2 Å². The van der Waals surface area contributed by atoms with Crippen molar-refractivity contribution in [2.75, 3.05) is 18.0 Å². The molecule has 2 fully saturated rings. The number of carbonyl (C=O) groups is 2. The number of urea groups is 1. The van der Waals surface area contributed by atoms with Gasteiger partial charge in [0.05, 0.1) is 11.6 Å². The van der Waals surface area contributed by atoms with Crippen LogP contribution in [0.2, 0.25) is 5.02 Å². The Morgan fingerprint density at radius 1 is 1.14 bits per heavy atom. The van der Waals surface area contributed by atoms with E-state index in [2.05, 4.69) is 11.4 Å². The maximum absolute atomic E-state index is 13.2. The normalized spacial score (nSPS) is 20.9. The van der Waals surface area contributed by atoms with Crippen LogP contribution in [0.3, 0.4) is 0 Å². The Morgan fingerprint density at radius 2 is 1.84 bits per heavy atom. The molecular formula is C29H35ClN4O3. The minimum atomic E-state index is -0.570. The first-order chi connectivity index (χ1) is 17.6. The van der Waals surface area contributed by atoms with Gasteiger partial charge < -0.3 is 15.0 Å². The molecular weight excluding hydrogens is 488 g/mol. The largest absolute Gasteiger partial charge is 0.444 e. The zero-order valence-electron chi connectivity index (χ0n) is 21.7. The number of alkyl carbamates (subject to hydrolysis) is 1. The third-order valence-electron chi connectivity index (χ3n) is 7.15. The molecule has 1 atom stereocenters. The standard InChI is InChI=1S/C29H35ClN4O3/c1-29(2,3)37-27(35)32-26(18-21-5-4-6-23(30)17-21)22-9-13-25(14-10-22)34-16-15-33(28(34)36)24-11-7-20(19-31)8-12-24/h4-8,11-12,17,22,25-26H,9-10,13-16,18H2,1-3H3,(H,32,35). The maximum atomic E-state index is 13.2. The van der Waals surface area contributed by atoms with E-state index in [1.54, 1.807) is 17.0 Å². The number of rotatable bonds is 6. The van der Waals surface area contributed by atoms with Crippen molar-refractivity contribution < 1.29 is 14.3 Å². The Kier molecular flexibility index (Phi) is 8.29. The van der Waals surface area contributed by atoms with Crippen LogP contribution in [-0.2, 0) is 11.2 Å². The number of ether oxygens (including phenoxy) is 1. The zero-order chi connectivity index (χ0) is 26.6. The molecule has 1 N–H and O–H groups in total. The first-order valence-electron chi connectivity index (χ1n) is 13.0. The molecule has 1 unspecified atom stereocenters. The average molecular weight is 523 g/mol. The third-order valence-corrected chi connectivity index (χ3v) is 7.38. The van der Waals surface area contributed by atoms with Crippen molar-refractivity contribution in [2.45, 2.75) is 70.6 Å². The Bertz CT molecular complexity index is 1150. The van der Waals surface area contributed by atoms with Crippen molar-refractivity contribution >= 4 is 29.4 Å². The van der Waals surface area contributed by atoms with Gasteiger partial charge in [0, 0.05) is 35.9 Å². The zero-order valence-corrected chi connectivity index (χ0v) is 22.5. The Hall–Kier alpha value is -3.24. The number of benzene rings is 2. The molecule has 1 aliphatic heterocycles. The number of amides is 3. The van der Waals surface area contributed by atoms with Crippen LogP contribution in [0.5, 0.6) is 0 Å². The summed E-state index contributed by atoms with van der Waals surface area (Å²) in [4.78, 5) is 29.7. The molecule has 2 aromatic carbocycles. The van der Waals surface area contributed by atoms with Gasteiger partial charge in [0.15, 0.2) is 0 Å². The topological polar surface area (TPSA) is 85.7 Å². The van der Waals surface area contributed by atoms with Crippen molar-refractivity contribution in [1.82, 2.24) is 10.2 Å². The monoisotopic (exact) mass is 522 g/mol. The molecule has 0 radical (unpaired) electrons. The quantitative estimate of drug-likeness (QED) is 0.493. The van der Waals surface area contributed by atoms with Gasteiger partial charge in [0.1, 0.15) is 5.60 Å². The lowest BCUT2D eigenvalue weighted by molar-refractivity contribution is 0.0470. The molecule has 3 amide bonds. The van der Waals surface area contributed by atoms with Gasteiger partial charge in [-0.3, -0.25) is 4.90 Å². The Morgan fingerprint density at radius 3 is 2.46 bits per heavy atom. The van der Waals surface area contributed by atoms with Crippen LogP contribution in [0.4, 0.5) is 15.3 Å². The summed E-state index contributed by atoms with van der Waals surface area (Å²) >= 11 is 6.22. The van der Waals surface area contributed by atoms with Crippen molar-refractivity contribution in [3.8, 4) is 6.07 Å². The van der Waals surface area contributed by atoms with Crippen LogP contribution in [0.1, 0.15) is 57.6 Å². The van der Waals surface area contributed by atoms with Crippen molar-refractivity contribution in [2.24, 2.45) is 5.92 Å². The van der Waals surface area contributed by atoms with Gasteiger partial charge in [-0.1, -0.05) is 23.7 Å². The number of anilines is 1. The van der Waals surface area contributed by atoms with E-state index >= 15 is 0 Å². The molecule has 1 saturated heterocycles. The lowest BCUT2D eigenvalue weighted by Gasteiger charge is -2.38. The highest BCUT2D eigenvalue weighted by Crippen LogP contribution is 2.34. The van der Waals surface area contributed by atoms with Crippen molar-refractivity contribution in [3.63, 3.8) is 0 Å². The van der Waals surface area contributed by atoms with Gasteiger partial charge in [0.25, 0.3) is 0 Å². The van der Waals surface area contributed by atoms with E-state index in [4.69, 9.17) is 21.6 Å². The lowest BCUT2D eigenvalue weighted by atomic mass is 9.79. The number of nitrogens with zero attached hydrogens (tertiary/aromatic N) is 3. The molecule has 7 nitrogen and oxygen atoms in total. The number of hydrogen-bond donors (Lipinski definition) is 1. The average Bonchev–Trinajstić information content (AvgIpc) is 3.24. The highest BCUT2D eigenvalue weighted by atomic mass is 35.5. The lowest BCUT2D eigenvalue weighted by Crippen LogP contribution is -2.47. The molecule has 1 heterocycles. The van der Waals surface area contributed by atoms with Gasteiger partial charge in [-0.2, -0.15) is 5.26 Å². The minimum Gasteiger partial charge on any atom is -0.444 e. The number of carbonyl (C=O) groups excluding carboxylic acids is 2. The van der Waals surface area contributed by atoms with Crippen LogP contribution >= 0.6 is 11.6 Å². The van der Waals surface area contributed by atoms with Crippen molar-refractivity contribution in [3.05, 3.63) is 64.7 Å². The second kappa shape index (κ2) is 11.4. The summed E-state index contributed by atoms with van der Waals surface area (Å²) in [7, 11) is 0. The fraction of sp³-hybridized carbons (Fsp3) is 0.483. The summed E-state index contributed by atoms with van der Waals surface area (Å²) in [6, 6.07) is 17.1. The van der Waals surface area contributed by atoms with Gasteiger partial charge in [0.2, 0.25) is 0 Å². The SMILES string of the molecule is CC(C)(C)OC(=O)NC(Cc1cccc(Cl)c1)C1CCC(N2CCN(c3ccc(C#N)cc3)C2=O)CC1. The number of halogens is 1. The van der Waals surface area contributed by atoms with Gasteiger partial charge in [-0.15, -0.1) is 0 Å². The molecule has 8 heteroatoms. The highest BCUT2D eigenvalue weighted by molar-refractivity contribution is 6.30. The van der Waals surface area contributed by atoms with E-state index in [0.29, 0.717) is 30.1 Å². The summed E-state index contributed by atoms with van der Waals surface area (Å²) < 4.78 is 5.55. The van der Waals surface area contributed by atoms with E-state index < -0.39 is 11.7 Å². The van der Waals surface area contributed by atoms with E-state index in [-0.39, 0.29) is 24.0 Å². The molecule has 0 spiro atoms. The van der Waals surface area contributed by atoms with Crippen LogP contribution in [-0.4, -0.2) is 47.8 Å². The van der Waals surface area contributed by atoms with Gasteiger partial charge in [-0.25, -0.2) is 9.59 Å². The summed E-state index contributed by atoms with van der Waals surface area (Å²) in [5, 5.41) is 12.8. The first kappa shape index (κ1) is 26.8. The first-order valence-corrected chi connectivity index (χ1v) is 13.3. The smallest absolute Gasteiger partial charge is 0.407 e. The third kappa shape index (κ3) is 6.95. The Labute approximate surface area is 224 Å². The van der Waals surface area contributed by atoms with Crippen LogP contribution in [0.25, 0.3) is 0 Å². The van der Waals surface area contributed by atoms with E-state index in [0.717, 1.165) is 36.9 Å². The van der Waals surface area contributed by atoms with Crippen molar-refractivity contribution in [1.29, 1.82) is 5.26 Å². The second-order valence-electron chi connectivity index (χ2n) is 10.9. The summed E-state index contributed by atoms with van der Waals surface area (Å²) in [5.41, 5.74) is 1.91. The molecule has 4 rings (SSSR count). The van der Waals surface area contributed by atoms with Gasteiger partial charge in [-0.05, 0) is 101 Å². The predicted octanol–water partition coefficient (Wildman–Crippen LogP) is 6.15. The fourth-order valence-corrected chi connectivity index (χ4v) is 5.59. The van der Waals surface area contributed by atoms with E-state index in [1.807, 2.05) is 62.1 Å². The molecule has 2 aromatic rings. The number of hydrogen-bond acceptors (Lipinski definition) is 4. The molecule has 37 heavy (non-hydrogen) atoms. The van der Waals surface area contributed by atoms with E-state index in [9.17, 15) is 9.59 Å². The number of nitrogens with one attached hydrogen (secondary N) is 1. The maximum Gasteiger partial charge on any atom is 0.407 e. The minimum absolute atomic E-state index is 0.0236. The summed E-state index contributed by atoms with van der Waals surface area (Å²) in [6.45, 7) is 6.91. The molecule has 0 bridgehead atoms. The van der Waals surface area contributed by atoms with Crippen LogP contribution in [0, 0.1) is 17.2 Å². The Balaban J connectivity index is 1.39.